The summed E-state index contributed by atoms with van der Waals surface area (Å²) in [5, 5.41) is 21.8. The SMILES string of the molecule is C[C@]12C(=O)O[C@@H]3C[C@H]4c5occc5C(=O)C[C@H]4[C@]4(CO[C@@]1(O)[C@@H](O)C4)[C@@H]32. The first kappa shape index (κ1) is 15.4. The number of aliphatic hydroxyl groups is 2. The average molecular weight is 360 g/mol. The molecule has 0 aromatic carbocycles. The smallest absolute Gasteiger partial charge is 0.318 e. The summed E-state index contributed by atoms with van der Waals surface area (Å²) in [6, 6.07) is 1.70. The molecular weight excluding hydrogens is 340 g/mol. The molecule has 138 valence electrons. The van der Waals surface area contributed by atoms with Crippen LogP contribution in [-0.4, -0.2) is 46.6 Å². The van der Waals surface area contributed by atoms with E-state index in [4.69, 9.17) is 13.9 Å². The highest BCUT2D eigenvalue weighted by Gasteiger charge is 2.82. The Hall–Kier alpha value is -1.70. The number of aliphatic hydroxyl groups excluding tert-OH is 1. The van der Waals surface area contributed by atoms with Crippen LogP contribution in [0.5, 0.6) is 0 Å². The Balaban J connectivity index is 1.58. The van der Waals surface area contributed by atoms with Crippen molar-refractivity contribution in [3.8, 4) is 0 Å². The Morgan fingerprint density at radius 1 is 1.31 bits per heavy atom. The van der Waals surface area contributed by atoms with Gasteiger partial charge in [-0.15, -0.1) is 0 Å². The molecule has 0 unspecified atom stereocenters. The highest BCUT2D eigenvalue weighted by Crippen LogP contribution is 2.73. The quantitative estimate of drug-likeness (QED) is 0.665. The summed E-state index contributed by atoms with van der Waals surface area (Å²) in [6.07, 6.45) is 1.16. The van der Waals surface area contributed by atoms with Gasteiger partial charge >= 0.3 is 5.97 Å². The molecule has 7 rings (SSSR count). The lowest BCUT2D eigenvalue weighted by Gasteiger charge is -2.67. The Bertz CT molecular complexity index is 860. The van der Waals surface area contributed by atoms with Crippen LogP contribution >= 0.6 is 0 Å². The van der Waals surface area contributed by atoms with Crippen LogP contribution in [0.25, 0.3) is 0 Å². The molecule has 2 bridgehead atoms. The second-order valence-electron chi connectivity index (χ2n) is 8.84. The van der Waals surface area contributed by atoms with Gasteiger partial charge in [-0.3, -0.25) is 9.59 Å². The lowest BCUT2D eigenvalue weighted by Crippen LogP contribution is -2.77. The fourth-order valence-corrected chi connectivity index (χ4v) is 7.02. The minimum atomic E-state index is -1.94. The molecule has 2 N–H and O–H groups in total. The monoisotopic (exact) mass is 360 g/mol. The Morgan fingerprint density at radius 3 is 2.88 bits per heavy atom. The van der Waals surface area contributed by atoms with Crippen LogP contribution in [0.4, 0.5) is 0 Å². The molecule has 0 amide bonds. The molecule has 8 atom stereocenters. The highest BCUT2D eigenvalue weighted by atomic mass is 16.7. The molecular formula is C19H20O7. The number of furan rings is 1. The number of hydrogen-bond donors (Lipinski definition) is 2. The standard InChI is InChI=1S/C19H20O7/c1-17-15-12(26-16(17)22)4-9-10(5-11(20)8-2-3-24-14(8)9)18(15)6-13(21)19(17,23)25-7-18/h2-3,9-10,12-13,15,21,23H,4-7H2,1H3/t9-,10-,12-,13+,15+,17+,18+,19+/m1/s1. The van der Waals surface area contributed by atoms with Gasteiger partial charge in [0, 0.05) is 23.7 Å². The number of ether oxygens (including phenoxy) is 2. The van der Waals surface area contributed by atoms with E-state index < -0.39 is 28.7 Å². The zero-order valence-corrected chi connectivity index (χ0v) is 14.3. The number of carbonyl (C=O) groups excluding carboxylic acids is 2. The first-order chi connectivity index (χ1) is 12.3. The maximum atomic E-state index is 12.8. The van der Waals surface area contributed by atoms with E-state index in [2.05, 4.69) is 0 Å². The first-order valence-corrected chi connectivity index (χ1v) is 9.19. The Labute approximate surface area is 149 Å². The third kappa shape index (κ3) is 1.33. The van der Waals surface area contributed by atoms with Crippen molar-refractivity contribution in [1.29, 1.82) is 0 Å². The Kier molecular flexibility index (Phi) is 2.50. The first-order valence-electron chi connectivity index (χ1n) is 9.19. The lowest BCUT2D eigenvalue weighted by atomic mass is 9.41. The van der Waals surface area contributed by atoms with Crippen molar-refractivity contribution in [2.24, 2.45) is 22.7 Å². The van der Waals surface area contributed by atoms with Gasteiger partial charge in [0.1, 0.15) is 23.4 Å². The summed E-state index contributed by atoms with van der Waals surface area (Å²) in [6.45, 7) is 1.85. The van der Waals surface area contributed by atoms with E-state index in [1.165, 1.54) is 6.26 Å². The predicted octanol–water partition coefficient (Wildman–Crippen LogP) is 0.987. The van der Waals surface area contributed by atoms with Gasteiger partial charge in [0.05, 0.1) is 18.4 Å². The molecule has 2 saturated carbocycles. The van der Waals surface area contributed by atoms with Crippen molar-refractivity contribution in [1.82, 2.24) is 0 Å². The van der Waals surface area contributed by atoms with E-state index in [1.54, 1.807) is 13.0 Å². The second kappa shape index (κ2) is 4.24. The molecule has 1 spiro atoms. The third-order valence-electron chi connectivity index (χ3n) is 8.07. The van der Waals surface area contributed by atoms with Crippen molar-refractivity contribution in [3.63, 3.8) is 0 Å². The molecule has 4 heterocycles. The number of esters is 1. The molecule has 0 radical (unpaired) electrons. The molecule has 5 fully saturated rings. The average Bonchev–Trinajstić information content (AvgIpc) is 3.18. The van der Waals surface area contributed by atoms with Crippen LogP contribution in [0.15, 0.2) is 16.7 Å². The van der Waals surface area contributed by atoms with Gasteiger partial charge in [-0.05, 0) is 31.7 Å². The molecule has 7 nitrogen and oxygen atoms in total. The topological polar surface area (TPSA) is 106 Å². The van der Waals surface area contributed by atoms with Crippen molar-refractivity contribution in [3.05, 3.63) is 23.7 Å². The number of carbonyl (C=O) groups is 2. The fraction of sp³-hybridized carbons (Fsp3) is 0.684. The molecule has 3 aliphatic heterocycles. The van der Waals surface area contributed by atoms with E-state index in [9.17, 15) is 19.8 Å². The van der Waals surface area contributed by atoms with Crippen LogP contribution in [-0.2, 0) is 14.3 Å². The van der Waals surface area contributed by atoms with E-state index in [0.717, 1.165) is 0 Å². The third-order valence-corrected chi connectivity index (χ3v) is 8.07. The Morgan fingerprint density at radius 2 is 2.12 bits per heavy atom. The molecule has 6 aliphatic rings. The maximum absolute atomic E-state index is 12.8. The molecule has 3 aliphatic carbocycles. The number of Topliss-reactive ketones (excluding diaryl/α,β-unsaturated/α-hetero) is 1. The normalized spacial score (nSPS) is 53.7. The minimum absolute atomic E-state index is 0.0238. The van der Waals surface area contributed by atoms with Crippen molar-refractivity contribution in [2.75, 3.05) is 6.61 Å². The summed E-state index contributed by atoms with van der Waals surface area (Å²) < 4.78 is 17.1. The van der Waals surface area contributed by atoms with E-state index >= 15 is 0 Å². The van der Waals surface area contributed by atoms with Crippen LogP contribution in [0, 0.1) is 22.7 Å². The number of fused-ring (bicyclic) bond motifs is 5. The van der Waals surface area contributed by atoms with Gasteiger partial charge in [-0.25, -0.2) is 0 Å². The van der Waals surface area contributed by atoms with Crippen LogP contribution in [0.3, 0.4) is 0 Å². The molecule has 3 saturated heterocycles. The van der Waals surface area contributed by atoms with E-state index in [1.807, 2.05) is 0 Å². The summed E-state index contributed by atoms with van der Waals surface area (Å²) in [5.41, 5.74) is -1.32. The van der Waals surface area contributed by atoms with Crippen molar-refractivity contribution >= 4 is 11.8 Å². The summed E-state index contributed by atoms with van der Waals surface area (Å²) in [4.78, 5) is 25.5. The zero-order chi connectivity index (χ0) is 18.1. The largest absolute Gasteiger partial charge is 0.468 e. The lowest BCUT2D eigenvalue weighted by molar-refractivity contribution is -0.407. The fourth-order valence-electron chi connectivity index (χ4n) is 7.02. The molecule has 1 aromatic rings. The van der Waals surface area contributed by atoms with Crippen LogP contribution < -0.4 is 0 Å². The van der Waals surface area contributed by atoms with Crippen LogP contribution in [0.1, 0.15) is 48.2 Å². The highest BCUT2D eigenvalue weighted by molar-refractivity contribution is 5.98. The van der Waals surface area contributed by atoms with Gasteiger partial charge < -0.3 is 24.1 Å². The summed E-state index contributed by atoms with van der Waals surface area (Å²) >= 11 is 0. The zero-order valence-electron chi connectivity index (χ0n) is 14.3. The maximum Gasteiger partial charge on any atom is 0.318 e. The van der Waals surface area contributed by atoms with Gasteiger partial charge in [-0.2, -0.15) is 0 Å². The summed E-state index contributed by atoms with van der Waals surface area (Å²) in [7, 11) is 0. The molecule has 7 heteroatoms. The van der Waals surface area contributed by atoms with Crippen molar-refractivity contribution < 1.29 is 33.7 Å². The van der Waals surface area contributed by atoms with Gasteiger partial charge in [0.2, 0.25) is 5.79 Å². The van der Waals surface area contributed by atoms with Gasteiger partial charge in [-0.1, -0.05) is 0 Å². The number of rotatable bonds is 0. The van der Waals surface area contributed by atoms with Gasteiger partial charge in [0.25, 0.3) is 0 Å². The van der Waals surface area contributed by atoms with E-state index in [0.29, 0.717) is 30.6 Å². The number of hydrogen-bond acceptors (Lipinski definition) is 7. The second-order valence-corrected chi connectivity index (χ2v) is 8.84. The van der Waals surface area contributed by atoms with Crippen LogP contribution in [0.2, 0.25) is 0 Å². The van der Waals surface area contributed by atoms with Crippen molar-refractivity contribution in [2.45, 2.75) is 50.1 Å². The molecule has 1 aromatic heterocycles. The predicted molar refractivity (Wildman–Crippen MR) is 83.9 cm³/mol. The minimum Gasteiger partial charge on any atom is -0.468 e. The summed E-state index contributed by atoms with van der Waals surface area (Å²) in [5.74, 6) is -2.23. The van der Waals surface area contributed by atoms with E-state index in [-0.39, 0.29) is 36.2 Å². The van der Waals surface area contributed by atoms with Gasteiger partial charge in [0.15, 0.2) is 5.78 Å². The molecule has 26 heavy (non-hydrogen) atoms. The number of ketones is 1.